The van der Waals surface area contributed by atoms with Gasteiger partial charge >= 0.3 is 0 Å². The van der Waals surface area contributed by atoms with E-state index in [0.29, 0.717) is 0 Å². The van der Waals surface area contributed by atoms with Crippen molar-refractivity contribution in [3.63, 3.8) is 0 Å². The summed E-state index contributed by atoms with van der Waals surface area (Å²) in [5.74, 6) is -2.94. The number of rotatable bonds is 3. The molecule has 0 radical (unpaired) electrons. The van der Waals surface area contributed by atoms with Crippen LogP contribution in [0.25, 0.3) is 0 Å². The lowest BCUT2D eigenvalue weighted by atomic mass is 10.1. The van der Waals surface area contributed by atoms with Crippen LogP contribution in [0.2, 0.25) is 0 Å². The normalized spacial score (nSPS) is 22.0. The minimum Gasteiger partial charge on any atom is -0.373 e. The number of aromatic nitrogens is 1. The molecule has 1 unspecified atom stereocenters. The quantitative estimate of drug-likeness (QED) is 0.397. The number of hydrogen-bond acceptors (Lipinski definition) is 4. The van der Waals surface area contributed by atoms with Gasteiger partial charge in [-0.2, -0.15) is 5.26 Å². The van der Waals surface area contributed by atoms with Crippen molar-refractivity contribution >= 4 is 5.96 Å². The number of nitrogens with one attached hydrogen (secondary N) is 1. The highest BCUT2D eigenvalue weighted by molar-refractivity contribution is 5.81. The molecule has 1 aromatic heterocycles. The largest absolute Gasteiger partial charge is 0.373 e. The molecule has 1 aromatic rings. The van der Waals surface area contributed by atoms with Crippen LogP contribution in [0.15, 0.2) is 29.5 Å². The van der Waals surface area contributed by atoms with Crippen molar-refractivity contribution in [2.45, 2.75) is 24.9 Å². The summed E-state index contributed by atoms with van der Waals surface area (Å²) < 4.78 is 32.0. The number of alkyl halides is 2. The first-order valence-corrected chi connectivity index (χ1v) is 6.77. The van der Waals surface area contributed by atoms with E-state index in [4.69, 9.17) is 10.00 Å². The van der Waals surface area contributed by atoms with Gasteiger partial charge in [0.1, 0.15) is 12.6 Å². The molecule has 0 aliphatic carbocycles. The molecule has 0 bridgehead atoms. The molecular formula is C14H17F2N5O. The van der Waals surface area contributed by atoms with Gasteiger partial charge in [0.15, 0.2) is 6.19 Å². The summed E-state index contributed by atoms with van der Waals surface area (Å²) in [5.41, 5.74) is 0.930. The molecule has 1 fully saturated rings. The highest BCUT2D eigenvalue weighted by Crippen LogP contribution is 2.28. The SMILES string of the molecule is C[C@@H](c1ccncc1)N(C)C(=NC1COCC1(F)F)NC#N. The number of ether oxygens (including phenoxy) is 1. The number of nitriles is 1. The first kappa shape index (κ1) is 16.1. The fourth-order valence-electron chi connectivity index (χ4n) is 2.11. The van der Waals surface area contributed by atoms with Gasteiger partial charge < -0.3 is 9.64 Å². The standard InChI is InChI=1S/C14H17F2N5O/c1-10(11-3-5-18-6-4-11)21(2)13(19-9-17)20-12-7-22-8-14(12,15)16/h3-6,10,12H,7-8H2,1-2H3,(H,19,20)/t10-,12?/m0/s1. The summed E-state index contributed by atoms with van der Waals surface area (Å²) in [5, 5.41) is 11.2. The molecule has 1 N–H and O–H groups in total. The molecular weight excluding hydrogens is 292 g/mol. The number of nitrogens with zero attached hydrogens (tertiary/aromatic N) is 4. The molecule has 1 aliphatic rings. The fourth-order valence-corrected chi connectivity index (χ4v) is 2.11. The summed E-state index contributed by atoms with van der Waals surface area (Å²) in [7, 11) is 1.68. The van der Waals surface area contributed by atoms with E-state index < -0.39 is 18.6 Å². The fraction of sp³-hybridized carbons (Fsp3) is 0.500. The Hall–Kier alpha value is -2.27. The number of guanidine groups is 1. The van der Waals surface area contributed by atoms with Gasteiger partial charge in [0.05, 0.1) is 12.6 Å². The van der Waals surface area contributed by atoms with E-state index in [0.717, 1.165) is 5.56 Å². The average molecular weight is 309 g/mol. The van der Waals surface area contributed by atoms with Crippen LogP contribution in [-0.4, -0.2) is 48.1 Å². The Kier molecular flexibility index (Phi) is 4.88. The van der Waals surface area contributed by atoms with Crippen LogP contribution in [0.4, 0.5) is 8.78 Å². The molecule has 0 spiro atoms. The van der Waals surface area contributed by atoms with Crippen molar-refractivity contribution in [3.05, 3.63) is 30.1 Å². The zero-order valence-corrected chi connectivity index (χ0v) is 12.3. The third-order valence-corrected chi connectivity index (χ3v) is 3.61. The summed E-state index contributed by atoms with van der Waals surface area (Å²) in [4.78, 5) is 9.55. The molecule has 2 rings (SSSR count). The topological polar surface area (TPSA) is 73.5 Å². The van der Waals surface area contributed by atoms with Crippen molar-refractivity contribution in [1.29, 1.82) is 5.26 Å². The van der Waals surface area contributed by atoms with Gasteiger partial charge in [-0.3, -0.25) is 10.3 Å². The summed E-state index contributed by atoms with van der Waals surface area (Å²) in [6.45, 7) is 1.07. The summed E-state index contributed by atoms with van der Waals surface area (Å²) >= 11 is 0. The van der Waals surface area contributed by atoms with E-state index in [1.165, 1.54) is 0 Å². The van der Waals surface area contributed by atoms with Crippen molar-refractivity contribution in [1.82, 2.24) is 15.2 Å². The van der Waals surface area contributed by atoms with E-state index in [1.807, 2.05) is 19.1 Å². The van der Waals surface area contributed by atoms with Crippen molar-refractivity contribution in [2.75, 3.05) is 20.3 Å². The van der Waals surface area contributed by atoms with Gasteiger partial charge in [-0.15, -0.1) is 0 Å². The Morgan fingerprint density at radius 2 is 2.27 bits per heavy atom. The maximum atomic E-state index is 13.6. The van der Waals surface area contributed by atoms with Gasteiger partial charge in [0.2, 0.25) is 5.96 Å². The lowest BCUT2D eigenvalue weighted by Crippen LogP contribution is -2.41. The predicted octanol–water partition coefficient (Wildman–Crippen LogP) is 1.54. The van der Waals surface area contributed by atoms with Gasteiger partial charge in [-0.25, -0.2) is 13.8 Å². The van der Waals surface area contributed by atoms with Gasteiger partial charge in [-0.05, 0) is 24.6 Å². The Bertz CT molecular complexity index is 572. The predicted molar refractivity (Wildman–Crippen MR) is 76.2 cm³/mol. The first-order valence-electron chi connectivity index (χ1n) is 6.77. The Morgan fingerprint density at radius 1 is 1.59 bits per heavy atom. The number of aliphatic imine (C=N–C) groups is 1. The molecule has 1 saturated heterocycles. The molecule has 2 heterocycles. The van der Waals surface area contributed by atoms with Crippen molar-refractivity contribution in [3.8, 4) is 6.19 Å². The van der Waals surface area contributed by atoms with Crippen LogP contribution in [0, 0.1) is 11.5 Å². The summed E-state index contributed by atoms with van der Waals surface area (Å²) in [6, 6.07) is 2.17. The zero-order valence-electron chi connectivity index (χ0n) is 12.3. The average Bonchev–Trinajstić information content (AvgIpc) is 2.85. The third kappa shape index (κ3) is 3.49. The van der Waals surface area contributed by atoms with E-state index >= 15 is 0 Å². The molecule has 1 aliphatic heterocycles. The summed E-state index contributed by atoms with van der Waals surface area (Å²) in [6.07, 6.45) is 5.03. The number of hydrogen-bond donors (Lipinski definition) is 1. The van der Waals surface area contributed by atoms with Gasteiger partial charge in [-0.1, -0.05) is 0 Å². The van der Waals surface area contributed by atoms with Crippen molar-refractivity contribution < 1.29 is 13.5 Å². The van der Waals surface area contributed by atoms with Gasteiger partial charge in [0, 0.05) is 19.4 Å². The van der Waals surface area contributed by atoms with Crippen LogP contribution in [0.1, 0.15) is 18.5 Å². The molecule has 0 amide bonds. The van der Waals surface area contributed by atoms with Crippen LogP contribution < -0.4 is 5.32 Å². The van der Waals surface area contributed by atoms with E-state index in [9.17, 15) is 8.78 Å². The van der Waals surface area contributed by atoms with E-state index in [-0.39, 0.29) is 18.6 Å². The molecule has 118 valence electrons. The van der Waals surface area contributed by atoms with E-state index in [1.54, 1.807) is 30.5 Å². The first-order chi connectivity index (χ1) is 10.5. The van der Waals surface area contributed by atoms with Crippen LogP contribution in [0.5, 0.6) is 0 Å². The Morgan fingerprint density at radius 3 is 2.82 bits per heavy atom. The molecule has 6 nitrogen and oxygen atoms in total. The lowest BCUT2D eigenvalue weighted by Gasteiger charge is -2.28. The number of halogens is 2. The monoisotopic (exact) mass is 309 g/mol. The number of pyridine rings is 1. The van der Waals surface area contributed by atoms with Crippen molar-refractivity contribution in [2.24, 2.45) is 4.99 Å². The van der Waals surface area contributed by atoms with Crippen LogP contribution in [-0.2, 0) is 4.74 Å². The highest BCUT2D eigenvalue weighted by Gasteiger charge is 2.46. The van der Waals surface area contributed by atoms with Crippen LogP contribution >= 0.6 is 0 Å². The highest BCUT2D eigenvalue weighted by atomic mass is 19.3. The molecule has 2 atom stereocenters. The third-order valence-electron chi connectivity index (χ3n) is 3.61. The molecule has 0 saturated carbocycles. The minimum absolute atomic E-state index is 0.0852. The maximum Gasteiger partial charge on any atom is 0.295 e. The smallest absolute Gasteiger partial charge is 0.295 e. The Labute approximate surface area is 127 Å². The lowest BCUT2D eigenvalue weighted by molar-refractivity contribution is -0.0164. The second kappa shape index (κ2) is 6.66. The minimum atomic E-state index is -3.02. The molecule has 0 aromatic carbocycles. The second-order valence-electron chi connectivity index (χ2n) is 5.05. The van der Waals surface area contributed by atoms with Gasteiger partial charge in [0.25, 0.3) is 5.92 Å². The second-order valence-corrected chi connectivity index (χ2v) is 5.05. The molecule has 8 heteroatoms. The zero-order chi connectivity index (χ0) is 16.2. The molecule has 22 heavy (non-hydrogen) atoms. The van der Waals surface area contributed by atoms with E-state index in [2.05, 4.69) is 15.3 Å². The maximum absolute atomic E-state index is 13.6. The Balaban J connectivity index is 2.22. The van der Waals surface area contributed by atoms with Crippen LogP contribution in [0.3, 0.4) is 0 Å².